The van der Waals surface area contributed by atoms with Crippen molar-refractivity contribution < 1.29 is 29.0 Å². The minimum atomic E-state index is -0.915. The van der Waals surface area contributed by atoms with Crippen LogP contribution in [0.1, 0.15) is 68.6 Å². The van der Waals surface area contributed by atoms with E-state index in [9.17, 15) is 34.6 Å². The fraction of sp³-hybridized carbons (Fsp3) is 0.381. The number of nitrogens with zero attached hydrogens (tertiary/aromatic N) is 2. The zero-order valence-electron chi connectivity index (χ0n) is 18.4. The van der Waals surface area contributed by atoms with Gasteiger partial charge >= 0.3 is 5.97 Å². The van der Waals surface area contributed by atoms with Crippen LogP contribution in [0.5, 0.6) is 0 Å². The predicted octanol–water partition coefficient (Wildman–Crippen LogP) is 3.97. The number of hydrogen-bond acceptors (Lipinski definition) is 9. The van der Waals surface area contributed by atoms with Crippen LogP contribution in [0.3, 0.4) is 0 Å². The Morgan fingerprint density at radius 3 is 2.18 bits per heavy atom. The Balaban J connectivity index is 1.97. The number of carbonyl (C=O) groups excluding carboxylic acids is 3. The number of nitrogens with one attached hydrogen (secondary N) is 2. The Labute approximate surface area is 197 Å². The van der Waals surface area contributed by atoms with Crippen molar-refractivity contribution >= 4 is 45.5 Å². The van der Waals surface area contributed by atoms with Gasteiger partial charge in [0.1, 0.15) is 5.00 Å². The average Bonchev–Trinajstić information content (AvgIpc) is 3.40. The van der Waals surface area contributed by atoms with E-state index in [0.29, 0.717) is 5.56 Å². The molecular weight excluding hydrogens is 468 g/mol. The molecule has 1 heterocycles. The van der Waals surface area contributed by atoms with E-state index in [0.717, 1.165) is 55.2 Å². The number of hydrogen-bond donors (Lipinski definition) is 2. The van der Waals surface area contributed by atoms with Gasteiger partial charge in [-0.3, -0.25) is 29.8 Å². The van der Waals surface area contributed by atoms with E-state index in [4.69, 9.17) is 4.74 Å². The van der Waals surface area contributed by atoms with Crippen molar-refractivity contribution in [3.63, 3.8) is 0 Å². The highest BCUT2D eigenvalue weighted by Gasteiger charge is 2.29. The van der Waals surface area contributed by atoms with E-state index in [1.54, 1.807) is 13.8 Å². The molecule has 34 heavy (non-hydrogen) atoms. The summed E-state index contributed by atoms with van der Waals surface area (Å²) >= 11 is 0.863. The molecule has 0 atom stereocenters. The topological polar surface area (TPSA) is 171 Å². The summed E-state index contributed by atoms with van der Waals surface area (Å²) in [5.74, 6) is -2.05. The van der Waals surface area contributed by atoms with Crippen LogP contribution in [-0.4, -0.2) is 40.3 Å². The monoisotopic (exact) mass is 490 g/mol. The zero-order chi connectivity index (χ0) is 25.0. The van der Waals surface area contributed by atoms with Gasteiger partial charge in [0.15, 0.2) is 0 Å². The van der Waals surface area contributed by atoms with Crippen LogP contribution in [0.2, 0.25) is 0 Å². The van der Waals surface area contributed by atoms with Crippen LogP contribution in [-0.2, 0) is 4.74 Å². The summed E-state index contributed by atoms with van der Waals surface area (Å²) in [5.41, 5.74) is -1.32. The van der Waals surface area contributed by atoms with Crippen molar-refractivity contribution in [1.29, 1.82) is 0 Å². The summed E-state index contributed by atoms with van der Waals surface area (Å²) in [7, 11) is 0. The first-order chi connectivity index (χ1) is 16.1. The van der Waals surface area contributed by atoms with E-state index in [2.05, 4.69) is 10.6 Å². The van der Waals surface area contributed by atoms with Gasteiger partial charge in [-0.1, -0.05) is 12.8 Å². The highest BCUT2D eigenvalue weighted by molar-refractivity contribution is 7.18. The van der Waals surface area contributed by atoms with Gasteiger partial charge in [0.2, 0.25) is 0 Å². The maximum absolute atomic E-state index is 12.9. The molecule has 2 amide bonds. The third kappa shape index (κ3) is 5.36. The van der Waals surface area contributed by atoms with Gasteiger partial charge in [-0.2, -0.15) is 0 Å². The average molecular weight is 490 g/mol. The molecule has 12 nitrogen and oxygen atoms in total. The smallest absolute Gasteiger partial charge is 0.341 e. The number of non-ortho nitro benzene ring substituents is 2. The molecule has 0 spiro atoms. The van der Waals surface area contributed by atoms with Crippen molar-refractivity contribution in [2.24, 2.45) is 0 Å². The van der Waals surface area contributed by atoms with Crippen LogP contribution in [0.4, 0.5) is 16.4 Å². The van der Waals surface area contributed by atoms with Gasteiger partial charge < -0.3 is 15.4 Å². The lowest BCUT2D eigenvalue weighted by atomic mass is 10.1. The fourth-order valence-corrected chi connectivity index (χ4v) is 4.79. The van der Waals surface area contributed by atoms with E-state index in [1.807, 2.05) is 0 Å². The second-order valence-electron chi connectivity index (χ2n) is 7.64. The molecule has 180 valence electrons. The summed E-state index contributed by atoms with van der Waals surface area (Å²) in [5, 5.41) is 27.7. The van der Waals surface area contributed by atoms with Gasteiger partial charge in [-0.25, -0.2) is 4.79 Å². The molecule has 0 saturated heterocycles. The molecule has 0 unspecified atom stereocenters. The number of esters is 1. The number of ether oxygens (including phenoxy) is 1. The third-order valence-electron chi connectivity index (χ3n) is 5.34. The third-order valence-corrected chi connectivity index (χ3v) is 6.54. The highest BCUT2D eigenvalue weighted by atomic mass is 32.1. The Morgan fingerprint density at radius 2 is 1.65 bits per heavy atom. The lowest BCUT2D eigenvalue weighted by molar-refractivity contribution is -0.394. The summed E-state index contributed by atoms with van der Waals surface area (Å²) in [6.45, 7) is 3.22. The molecule has 1 saturated carbocycles. The van der Waals surface area contributed by atoms with E-state index < -0.39 is 33.1 Å². The summed E-state index contributed by atoms with van der Waals surface area (Å²) in [6.07, 6.45) is 3.74. The number of nitro benzene ring substituents is 2. The van der Waals surface area contributed by atoms with Crippen LogP contribution < -0.4 is 10.6 Å². The maximum atomic E-state index is 12.9. The van der Waals surface area contributed by atoms with Gasteiger partial charge in [0.05, 0.1) is 38.5 Å². The van der Waals surface area contributed by atoms with Crippen LogP contribution in [0, 0.1) is 27.2 Å². The highest BCUT2D eigenvalue weighted by Crippen LogP contribution is 2.35. The molecular formula is C21H22N4O8S. The molecule has 3 rings (SSSR count). The lowest BCUT2D eigenvalue weighted by Gasteiger charge is -2.11. The van der Waals surface area contributed by atoms with Crippen molar-refractivity contribution in [3.05, 3.63) is 60.0 Å². The molecule has 0 radical (unpaired) electrons. The van der Waals surface area contributed by atoms with Crippen LogP contribution in [0.15, 0.2) is 18.2 Å². The largest absolute Gasteiger partial charge is 0.462 e. The Hall–Kier alpha value is -3.87. The standard InChI is InChI=1S/C21H22N4O8S/c1-3-33-21(28)16-11(2)17(19(27)22-13-6-4-5-7-13)34-20(16)23-18(26)12-8-14(24(29)30)10-15(9-12)25(31)32/h8-10,13H,3-7H2,1-2H3,(H,22,27)(H,23,26). The minimum absolute atomic E-state index is 0.00619. The number of benzene rings is 1. The number of rotatable bonds is 8. The summed E-state index contributed by atoms with van der Waals surface area (Å²) < 4.78 is 5.07. The Morgan fingerprint density at radius 1 is 1.06 bits per heavy atom. The first-order valence-corrected chi connectivity index (χ1v) is 11.3. The van der Waals surface area contributed by atoms with E-state index in [1.165, 1.54) is 0 Å². The van der Waals surface area contributed by atoms with Crippen molar-refractivity contribution in [2.45, 2.75) is 45.6 Å². The van der Waals surface area contributed by atoms with Crippen LogP contribution >= 0.6 is 11.3 Å². The van der Waals surface area contributed by atoms with E-state index in [-0.39, 0.29) is 39.6 Å². The van der Waals surface area contributed by atoms with Crippen molar-refractivity contribution in [2.75, 3.05) is 11.9 Å². The van der Waals surface area contributed by atoms with Crippen molar-refractivity contribution in [3.8, 4) is 0 Å². The van der Waals surface area contributed by atoms with Gasteiger partial charge in [-0.15, -0.1) is 11.3 Å². The van der Waals surface area contributed by atoms with Gasteiger partial charge in [-0.05, 0) is 32.3 Å². The fourth-order valence-electron chi connectivity index (χ4n) is 3.70. The first-order valence-electron chi connectivity index (χ1n) is 10.5. The lowest BCUT2D eigenvalue weighted by Crippen LogP contribution is -2.32. The molecule has 1 aromatic carbocycles. The molecule has 1 fully saturated rings. The number of amides is 2. The molecule has 13 heteroatoms. The molecule has 1 aromatic heterocycles. The second-order valence-corrected chi connectivity index (χ2v) is 8.66. The van der Waals surface area contributed by atoms with Gasteiger partial charge in [0.25, 0.3) is 23.2 Å². The van der Waals surface area contributed by atoms with Gasteiger partial charge in [0, 0.05) is 18.2 Å². The minimum Gasteiger partial charge on any atom is -0.462 e. The maximum Gasteiger partial charge on any atom is 0.341 e. The Kier molecular flexibility index (Phi) is 7.56. The number of carbonyl (C=O) groups is 3. The first kappa shape index (κ1) is 24.8. The molecule has 0 aliphatic heterocycles. The molecule has 1 aliphatic carbocycles. The normalized spacial score (nSPS) is 13.4. The van der Waals surface area contributed by atoms with Crippen molar-refractivity contribution in [1.82, 2.24) is 5.32 Å². The molecule has 0 bridgehead atoms. The number of nitro groups is 2. The molecule has 1 aliphatic rings. The summed E-state index contributed by atoms with van der Waals surface area (Å²) in [6, 6.07) is 2.55. The molecule has 2 aromatic rings. The number of anilines is 1. The van der Waals surface area contributed by atoms with E-state index >= 15 is 0 Å². The van der Waals surface area contributed by atoms with Crippen LogP contribution in [0.25, 0.3) is 0 Å². The molecule has 2 N–H and O–H groups in total. The SMILES string of the molecule is CCOC(=O)c1c(NC(=O)c2cc([N+](=O)[O-])cc([N+](=O)[O-])c2)sc(C(=O)NC2CCCC2)c1C. The number of thiophene rings is 1. The predicted molar refractivity (Wildman–Crippen MR) is 122 cm³/mol. The zero-order valence-corrected chi connectivity index (χ0v) is 19.2. The quantitative estimate of drug-likeness (QED) is 0.318. The summed E-state index contributed by atoms with van der Waals surface area (Å²) in [4.78, 5) is 59.1. The Bertz CT molecular complexity index is 1140. The second kappa shape index (κ2) is 10.4.